The SMILES string of the molecule is C1CCC2C(C1)C1SSC3CCC4SSC2C4C31. The van der Waals surface area contributed by atoms with Gasteiger partial charge in [0, 0.05) is 21.0 Å². The maximum atomic E-state index is 2.32. The van der Waals surface area contributed by atoms with Gasteiger partial charge in [0.15, 0.2) is 0 Å². The van der Waals surface area contributed by atoms with Crippen LogP contribution in [-0.2, 0) is 0 Å². The van der Waals surface area contributed by atoms with Gasteiger partial charge in [-0.25, -0.2) is 0 Å². The van der Waals surface area contributed by atoms with E-state index in [-0.39, 0.29) is 0 Å². The van der Waals surface area contributed by atoms with Crippen molar-refractivity contribution in [1.82, 2.24) is 0 Å². The van der Waals surface area contributed by atoms with Gasteiger partial charge in [0.2, 0.25) is 0 Å². The summed E-state index contributed by atoms with van der Waals surface area (Å²) in [6.07, 6.45) is 9.23. The Bertz CT molecular complexity index is 326. The molecule has 2 aliphatic heterocycles. The average molecular weight is 317 g/mol. The van der Waals surface area contributed by atoms with Crippen molar-refractivity contribution >= 4 is 43.2 Å². The third-order valence-electron chi connectivity index (χ3n) is 6.10. The van der Waals surface area contributed by atoms with Crippen molar-refractivity contribution in [2.24, 2.45) is 23.7 Å². The van der Waals surface area contributed by atoms with E-state index >= 15 is 0 Å². The summed E-state index contributed by atoms with van der Waals surface area (Å²) in [5.74, 6) is 4.39. The Morgan fingerprint density at radius 1 is 0.556 bits per heavy atom. The Balaban J connectivity index is 1.57. The lowest BCUT2D eigenvalue weighted by atomic mass is 9.59. The van der Waals surface area contributed by atoms with Crippen molar-refractivity contribution in [3.63, 3.8) is 0 Å². The Morgan fingerprint density at radius 3 is 1.56 bits per heavy atom. The highest BCUT2D eigenvalue weighted by molar-refractivity contribution is 8.78. The summed E-state index contributed by atoms with van der Waals surface area (Å²) >= 11 is 0. The molecule has 0 amide bonds. The van der Waals surface area contributed by atoms with Gasteiger partial charge in [-0.15, -0.1) is 0 Å². The molecule has 100 valence electrons. The smallest absolute Gasteiger partial charge is 0.0225 e. The van der Waals surface area contributed by atoms with E-state index in [1.807, 2.05) is 0 Å². The zero-order valence-electron chi connectivity index (χ0n) is 10.5. The molecule has 4 heteroatoms. The number of rotatable bonds is 0. The number of hydrogen-bond donors (Lipinski definition) is 0. The minimum absolute atomic E-state index is 1.03. The van der Waals surface area contributed by atoms with Crippen LogP contribution < -0.4 is 0 Å². The predicted octanol–water partition coefficient (Wildman–Crippen LogP) is 5.10. The van der Waals surface area contributed by atoms with Crippen molar-refractivity contribution in [2.75, 3.05) is 0 Å². The minimum Gasteiger partial charge on any atom is -0.0901 e. The first kappa shape index (κ1) is 12.0. The van der Waals surface area contributed by atoms with Gasteiger partial charge in [0.05, 0.1) is 0 Å². The van der Waals surface area contributed by atoms with Crippen LogP contribution in [0.2, 0.25) is 0 Å². The quantitative estimate of drug-likeness (QED) is 0.570. The summed E-state index contributed by atoms with van der Waals surface area (Å²) in [4.78, 5) is 0. The Hall–Kier alpha value is 1.40. The van der Waals surface area contributed by atoms with Crippen LogP contribution in [0.1, 0.15) is 38.5 Å². The van der Waals surface area contributed by atoms with Crippen LogP contribution in [0.3, 0.4) is 0 Å². The topological polar surface area (TPSA) is 0 Å². The fourth-order valence-corrected chi connectivity index (χ4v) is 14.1. The van der Waals surface area contributed by atoms with Crippen molar-refractivity contribution in [2.45, 2.75) is 59.5 Å². The normalized spacial score (nSPS) is 61.3. The van der Waals surface area contributed by atoms with Gasteiger partial charge in [-0.2, -0.15) is 0 Å². The summed E-state index contributed by atoms with van der Waals surface area (Å²) in [7, 11) is 9.21. The molecule has 0 radical (unpaired) electrons. The van der Waals surface area contributed by atoms with Crippen LogP contribution in [0.4, 0.5) is 0 Å². The zero-order chi connectivity index (χ0) is 11.7. The van der Waals surface area contributed by atoms with E-state index in [9.17, 15) is 0 Å². The van der Waals surface area contributed by atoms with Gasteiger partial charge in [0.1, 0.15) is 0 Å². The molecule has 0 spiro atoms. The zero-order valence-corrected chi connectivity index (χ0v) is 13.8. The largest absolute Gasteiger partial charge is 0.0901 e. The first-order valence-electron chi connectivity index (χ1n) is 7.58. The Morgan fingerprint density at radius 2 is 1.06 bits per heavy atom. The molecule has 5 rings (SSSR count). The van der Waals surface area contributed by atoms with E-state index in [0.29, 0.717) is 0 Å². The Labute approximate surface area is 126 Å². The van der Waals surface area contributed by atoms with Crippen LogP contribution in [0, 0.1) is 23.7 Å². The van der Waals surface area contributed by atoms with Gasteiger partial charge in [-0.1, -0.05) is 56.0 Å². The lowest BCUT2D eigenvalue weighted by Gasteiger charge is -2.51. The number of hydrogen-bond acceptors (Lipinski definition) is 4. The molecule has 5 fully saturated rings. The van der Waals surface area contributed by atoms with E-state index in [1.165, 1.54) is 25.7 Å². The highest BCUT2D eigenvalue weighted by atomic mass is 33.1. The first-order chi connectivity index (χ1) is 8.93. The van der Waals surface area contributed by atoms with Crippen LogP contribution in [-0.4, -0.2) is 21.0 Å². The van der Waals surface area contributed by atoms with Crippen LogP contribution in [0.25, 0.3) is 0 Å². The van der Waals surface area contributed by atoms with Gasteiger partial charge in [-0.3, -0.25) is 0 Å². The molecule has 2 heterocycles. The third kappa shape index (κ3) is 1.52. The number of fused-ring (bicyclic) bond motifs is 3. The van der Waals surface area contributed by atoms with Crippen LogP contribution >= 0.6 is 43.2 Å². The summed E-state index contributed by atoms with van der Waals surface area (Å²) in [5.41, 5.74) is 0. The van der Waals surface area contributed by atoms with E-state index in [2.05, 4.69) is 43.2 Å². The second-order valence-corrected chi connectivity index (χ2v) is 12.1. The maximum Gasteiger partial charge on any atom is 0.0225 e. The molecule has 0 bridgehead atoms. The highest BCUT2D eigenvalue weighted by Crippen LogP contribution is 2.70. The highest BCUT2D eigenvalue weighted by Gasteiger charge is 2.62. The molecule has 18 heavy (non-hydrogen) atoms. The van der Waals surface area contributed by atoms with Gasteiger partial charge in [-0.05, 0) is 49.4 Å². The molecule has 0 aromatic carbocycles. The standard InChI is InChI=1S/C14H20S4/c1-2-4-8-7(3-1)13-11-9(15-17-13)5-6-10-12(11)14(8)18-16-10/h7-14H,1-6H2. The summed E-state index contributed by atoms with van der Waals surface area (Å²) in [5, 5.41) is 4.17. The average Bonchev–Trinajstić information content (AvgIpc) is 3.01. The second kappa shape index (κ2) is 4.45. The van der Waals surface area contributed by atoms with E-state index in [4.69, 9.17) is 0 Å². The van der Waals surface area contributed by atoms with Gasteiger partial charge < -0.3 is 0 Å². The summed E-state index contributed by atoms with van der Waals surface area (Å²) < 4.78 is 0. The minimum atomic E-state index is 1.03. The molecule has 0 aromatic rings. The maximum absolute atomic E-state index is 2.32. The summed E-state index contributed by atoms with van der Waals surface area (Å²) in [6, 6.07) is 0. The lowest BCUT2D eigenvalue weighted by molar-refractivity contribution is 0.0808. The van der Waals surface area contributed by atoms with Gasteiger partial charge in [0.25, 0.3) is 0 Å². The second-order valence-electron chi connectivity index (χ2n) is 6.74. The molecule has 8 unspecified atom stereocenters. The van der Waals surface area contributed by atoms with Crippen molar-refractivity contribution in [3.05, 3.63) is 0 Å². The van der Waals surface area contributed by atoms with Crippen molar-refractivity contribution in [3.8, 4) is 0 Å². The van der Waals surface area contributed by atoms with Crippen molar-refractivity contribution in [1.29, 1.82) is 0 Å². The van der Waals surface area contributed by atoms with Gasteiger partial charge >= 0.3 is 0 Å². The molecular weight excluding hydrogens is 296 g/mol. The molecule has 2 saturated heterocycles. The van der Waals surface area contributed by atoms with Crippen LogP contribution in [0.5, 0.6) is 0 Å². The van der Waals surface area contributed by atoms with Crippen LogP contribution in [0.15, 0.2) is 0 Å². The van der Waals surface area contributed by atoms with E-state index < -0.39 is 0 Å². The molecule has 0 N–H and O–H groups in total. The molecule has 0 nitrogen and oxygen atoms in total. The van der Waals surface area contributed by atoms with E-state index in [1.54, 1.807) is 12.8 Å². The molecular formula is C14H20S4. The third-order valence-corrected chi connectivity index (χ3v) is 13.2. The Kier molecular flexibility index (Phi) is 2.96. The molecule has 5 aliphatic rings. The fraction of sp³-hybridized carbons (Fsp3) is 1.00. The molecule has 8 atom stereocenters. The summed E-state index contributed by atoms with van der Waals surface area (Å²) in [6.45, 7) is 0. The molecule has 0 aromatic heterocycles. The monoisotopic (exact) mass is 316 g/mol. The lowest BCUT2D eigenvalue weighted by Crippen LogP contribution is -2.54. The van der Waals surface area contributed by atoms with Crippen molar-refractivity contribution < 1.29 is 0 Å². The first-order valence-corrected chi connectivity index (χ1v) is 12.1. The fourth-order valence-electron chi connectivity index (χ4n) is 5.41. The van der Waals surface area contributed by atoms with E-state index in [0.717, 1.165) is 44.7 Å². The molecule has 3 saturated carbocycles. The molecule has 3 aliphatic carbocycles. The predicted molar refractivity (Wildman–Crippen MR) is 87.2 cm³/mol.